The van der Waals surface area contributed by atoms with Crippen LogP contribution in [0.5, 0.6) is 0 Å². The lowest BCUT2D eigenvalue weighted by molar-refractivity contribution is 0.166. The Balaban J connectivity index is 1.62. The van der Waals surface area contributed by atoms with Gasteiger partial charge in [0.05, 0.1) is 22.5 Å². The highest BCUT2D eigenvalue weighted by Gasteiger charge is 2.33. The third-order valence-electron chi connectivity index (χ3n) is 5.86. The maximum absolute atomic E-state index is 13.1. The van der Waals surface area contributed by atoms with Crippen molar-refractivity contribution >= 4 is 38.5 Å². The minimum absolute atomic E-state index is 0.0886. The van der Waals surface area contributed by atoms with Gasteiger partial charge >= 0.3 is 6.09 Å². The van der Waals surface area contributed by atoms with Crippen LogP contribution in [0.2, 0.25) is 0 Å². The third-order valence-corrected chi connectivity index (χ3v) is 7.54. The summed E-state index contributed by atoms with van der Waals surface area (Å²) in [5.41, 5.74) is 7.11. The van der Waals surface area contributed by atoms with Crippen molar-refractivity contribution in [3.63, 3.8) is 0 Å². The Morgan fingerprint density at radius 1 is 1.23 bits per heavy atom. The van der Waals surface area contributed by atoms with Gasteiger partial charge in [-0.1, -0.05) is 18.2 Å². The first-order chi connectivity index (χ1) is 14.7. The summed E-state index contributed by atoms with van der Waals surface area (Å²) in [6.45, 7) is 1.91. The average Bonchev–Trinajstić information content (AvgIpc) is 3.17. The number of rotatable bonds is 5. The number of aromatic nitrogens is 2. The van der Waals surface area contributed by atoms with Crippen molar-refractivity contribution in [3.05, 3.63) is 48.8 Å². The lowest BCUT2D eigenvalue weighted by Gasteiger charge is -2.37. The van der Waals surface area contributed by atoms with Crippen LogP contribution in [0.25, 0.3) is 11.0 Å². The van der Waals surface area contributed by atoms with Gasteiger partial charge in [-0.2, -0.15) is 0 Å². The molecular formula is C21H25N5O4S. The molecule has 9 nitrogen and oxygen atoms in total. The van der Waals surface area contributed by atoms with Crippen LogP contribution in [0.1, 0.15) is 32.6 Å². The first-order valence-corrected chi connectivity index (χ1v) is 11.5. The van der Waals surface area contributed by atoms with Crippen LogP contribution in [-0.4, -0.2) is 40.2 Å². The second-order valence-electron chi connectivity index (χ2n) is 8.16. The van der Waals surface area contributed by atoms with Gasteiger partial charge in [-0.25, -0.2) is 22.2 Å². The molecule has 1 aromatic carbocycles. The topological polar surface area (TPSA) is 139 Å². The zero-order chi connectivity index (χ0) is 22.2. The minimum Gasteiger partial charge on any atom is -0.465 e. The second-order valence-corrected chi connectivity index (χ2v) is 9.98. The molecule has 10 heteroatoms. The van der Waals surface area contributed by atoms with Crippen molar-refractivity contribution in [2.75, 3.05) is 11.1 Å². The van der Waals surface area contributed by atoms with Gasteiger partial charge in [0.25, 0.3) is 10.0 Å². The van der Waals surface area contributed by atoms with E-state index < -0.39 is 21.7 Å². The molecule has 0 atom stereocenters. The molecule has 31 heavy (non-hydrogen) atoms. The molecule has 5 N–H and O–H groups in total. The maximum atomic E-state index is 13.1. The zero-order valence-corrected chi connectivity index (χ0v) is 17.9. The Kier molecular flexibility index (Phi) is 5.26. The Labute approximate surface area is 180 Å². The summed E-state index contributed by atoms with van der Waals surface area (Å²) in [5, 5.41) is 15.7. The third kappa shape index (κ3) is 4.02. The Hall–Kier alpha value is -3.27. The number of carboxylic acid groups (broad SMARTS) is 1. The van der Waals surface area contributed by atoms with E-state index in [1.54, 1.807) is 36.4 Å². The van der Waals surface area contributed by atoms with Gasteiger partial charge < -0.3 is 21.5 Å². The number of nitrogens with two attached hydrogens (primary N) is 1. The van der Waals surface area contributed by atoms with E-state index in [0.717, 1.165) is 16.8 Å². The van der Waals surface area contributed by atoms with Gasteiger partial charge in [-0.3, -0.25) is 0 Å². The molecule has 0 bridgehead atoms. The van der Waals surface area contributed by atoms with Gasteiger partial charge in [0.15, 0.2) is 5.65 Å². The van der Waals surface area contributed by atoms with Gasteiger partial charge in [0.1, 0.15) is 0 Å². The van der Waals surface area contributed by atoms with Crippen LogP contribution in [0.3, 0.4) is 0 Å². The number of fused-ring (bicyclic) bond motifs is 1. The molecule has 1 saturated carbocycles. The lowest BCUT2D eigenvalue weighted by Crippen LogP contribution is -2.49. The number of nitrogens with one attached hydrogen (secondary N) is 2. The van der Waals surface area contributed by atoms with Gasteiger partial charge in [-0.15, -0.1) is 0 Å². The summed E-state index contributed by atoms with van der Waals surface area (Å²) in [5.74, 6) is 0. The fraction of sp³-hybridized carbons (Fsp3) is 0.333. The van der Waals surface area contributed by atoms with Crippen LogP contribution in [0.15, 0.2) is 53.7 Å². The first-order valence-electron chi connectivity index (χ1n) is 10.0. The molecule has 1 fully saturated rings. The maximum Gasteiger partial charge on any atom is 0.405 e. The van der Waals surface area contributed by atoms with Gasteiger partial charge in [0.2, 0.25) is 0 Å². The van der Waals surface area contributed by atoms with Crippen LogP contribution in [0, 0.1) is 0 Å². The van der Waals surface area contributed by atoms with Crippen LogP contribution in [0.4, 0.5) is 16.2 Å². The monoisotopic (exact) mass is 443 g/mol. The molecule has 0 radical (unpaired) electrons. The largest absolute Gasteiger partial charge is 0.465 e. The van der Waals surface area contributed by atoms with Crippen molar-refractivity contribution in [1.29, 1.82) is 0 Å². The standard InChI is InChI=1S/C21H25N5O4S/c1-21(25-20(27)28)10-7-14(8-11-21)24-18-16-9-12-26(19(16)23-13-17(18)22)31(29,30)15-5-3-2-4-6-15/h2-6,9,12-14,25H,7-8,10-11,22H2,1H3,(H,23,24)(H,27,28). The van der Waals surface area contributed by atoms with Gasteiger partial charge in [0, 0.05) is 23.2 Å². The SMILES string of the molecule is CC1(NC(=O)O)CCC(Nc2c(N)cnc3c2ccn3S(=O)(=O)c2ccccc2)CC1. The predicted molar refractivity (Wildman–Crippen MR) is 119 cm³/mol. The minimum atomic E-state index is -3.79. The van der Waals surface area contributed by atoms with Crippen LogP contribution < -0.4 is 16.4 Å². The molecule has 0 saturated heterocycles. The molecule has 2 heterocycles. The number of benzene rings is 1. The number of carbonyl (C=O) groups is 1. The fourth-order valence-corrected chi connectivity index (χ4v) is 5.45. The number of nitrogen functional groups attached to an aromatic ring is 1. The number of nitrogens with zero attached hydrogens (tertiary/aromatic N) is 2. The van der Waals surface area contributed by atoms with Crippen LogP contribution >= 0.6 is 0 Å². The average molecular weight is 444 g/mol. The number of pyridine rings is 1. The second kappa shape index (κ2) is 7.77. The molecule has 4 rings (SSSR count). The smallest absolute Gasteiger partial charge is 0.405 e. The first kappa shape index (κ1) is 21.0. The van der Waals surface area contributed by atoms with Crippen molar-refractivity contribution in [2.45, 2.75) is 49.1 Å². The normalized spacial score (nSPS) is 21.6. The Bertz CT molecular complexity index is 1220. The summed E-state index contributed by atoms with van der Waals surface area (Å²) in [4.78, 5) is 15.5. The zero-order valence-electron chi connectivity index (χ0n) is 17.1. The molecule has 164 valence electrons. The van der Waals surface area contributed by atoms with E-state index in [1.807, 2.05) is 6.92 Å². The Morgan fingerprint density at radius 3 is 2.55 bits per heavy atom. The van der Waals surface area contributed by atoms with E-state index in [-0.39, 0.29) is 10.9 Å². The van der Waals surface area contributed by atoms with Gasteiger partial charge in [-0.05, 0) is 50.8 Å². The molecule has 0 unspecified atom stereocenters. The number of hydrogen-bond acceptors (Lipinski definition) is 6. The molecule has 1 aliphatic rings. The van der Waals surface area contributed by atoms with E-state index in [1.165, 1.54) is 12.4 Å². The quantitative estimate of drug-likeness (QED) is 0.475. The van der Waals surface area contributed by atoms with E-state index in [2.05, 4.69) is 15.6 Å². The molecule has 1 amide bonds. The highest BCUT2D eigenvalue weighted by molar-refractivity contribution is 7.90. The van der Waals surface area contributed by atoms with Crippen molar-refractivity contribution in [3.8, 4) is 0 Å². The van der Waals surface area contributed by atoms with E-state index in [4.69, 9.17) is 10.8 Å². The van der Waals surface area contributed by atoms with Crippen molar-refractivity contribution < 1.29 is 18.3 Å². The van der Waals surface area contributed by atoms with Crippen molar-refractivity contribution in [1.82, 2.24) is 14.3 Å². The molecule has 0 aliphatic heterocycles. The molecule has 1 aliphatic carbocycles. The highest BCUT2D eigenvalue weighted by atomic mass is 32.2. The summed E-state index contributed by atoms with van der Waals surface area (Å²) in [6, 6.07) is 9.98. The summed E-state index contributed by atoms with van der Waals surface area (Å²) < 4.78 is 27.3. The predicted octanol–water partition coefficient (Wildman–Crippen LogP) is 3.24. The number of amides is 1. The number of anilines is 2. The summed E-state index contributed by atoms with van der Waals surface area (Å²) in [7, 11) is -3.79. The number of hydrogen-bond donors (Lipinski definition) is 4. The van der Waals surface area contributed by atoms with Crippen LogP contribution in [-0.2, 0) is 10.0 Å². The molecule has 3 aromatic rings. The summed E-state index contributed by atoms with van der Waals surface area (Å²) >= 11 is 0. The highest BCUT2D eigenvalue weighted by Crippen LogP contribution is 2.35. The fourth-order valence-electron chi connectivity index (χ4n) is 4.13. The lowest BCUT2D eigenvalue weighted by atomic mass is 9.81. The van der Waals surface area contributed by atoms with E-state index in [0.29, 0.717) is 35.2 Å². The molecular weight excluding hydrogens is 418 g/mol. The molecule has 2 aromatic heterocycles. The molecule has 0 spiro atoms. The van der Waals surface area contributed by atoms with E-state index in [9.17, 15) is 13.2 Å². The van der Waals surface area contributed by atoms with E-state index >= 15 is 0 Å². The Morgan fingerprint density at radius 2 is 1.90 bits per heavy atom. The summed E-state index contributed by atoms with van der Waals surface area (Å²) in [6.07, 6.45) is 4.81. The van der Waals surface area contributed by atoms with Crippen molar-refractivity contribution in [2.24, 2.45) is 0 Å².